The van der Waals surface area contributed by atoms with E-state index in [0.717, 1.165) is 17.9 Å². The van der Waals surface area contributed by atoms with E-state index < -0.39 is 0 Å². The normalized spacial score (nSPS) is 12.1. The standard InChI is InChI=1S/C15H25N3O2/c1-5-18(11(2)3)14-8-6-13(7-9-14)17-15(20)16-12(4)10-19/h6-9,11-12,19H,5,10H2,1-4H3,(H2,16,17,20). The first-order chi connectivity index (χ1) is 9.47. The number of urea groups is 1. The molecule has 20 heavy (non-hydrogen) atoms. The Bertz CT molecular complexity index is 418. The number of nitrogens with one attached hydrogen (secondary N) is 2. The van der Waals surface area contributed by atoms with Gasteiger partial charge in [-0.1, -0.05) is 0 Å². The van der Waals surface area contributed by atoms with Crippen LogP contribution in [0.5, 0.6) is 0 Å². The zero-order valence-corrected chi connectivity index (χ0v) is 12.7. The van der Waals surface area contributed by atoms with Gasteiger partial charge in [0.05, 0.1) is 12.6 Å². The molecule has 1 rings (SSSR count). The van der Waals surface area contributed by atoms with Crippen LogP contribution >= 0.6 is 0 Å². The monoisotopic (exact) mass is 279 g/mol. The smallest absolute Gasteiger partial charge is 0.319 e. The van der Waals surface area contributed by atoms with E-state index in [-0.39, 0.29) is 18.7 Å². The maximum absolute atomic E-state index is 11.6. The van der Waals surface area contributed by atoms with Crippen LogP contribution in [0.15, 0.2) is 24.3 Å². The summed E-state index contributed by atoms with van der Waals surface area (Å²) in [5.74, 6) is 0. The highest BCUT2D eigenvalue weighted by Gasteiger charge is 2.09. The lowest BCUT2D eigenvalue weighted by molar-refractivity contribution is 0.229. The summed E-state index contributed by atoms with van der Waals surface area (Å²) in [7, 11) is 0. The quantitative estimate of drug-likeness (QED) is 0.749. The second-order valence-electron chi connectivity index (χ2n) is 5.11. The van der Waals surface area contributed by atoms with Crippen LogP contribution in [0.1, 0.15) is 27.7 Å². The van der Waals surface area contributed by atoms with E-state index in [4.69, 9.17) is 5.11 Å². The van der Waals surface area contributed by atoms with Crippen molar-refractivity contribution in [3.63, 3.8) is 0 Å². The molecule has 2 amide bonds. The van der Waals surface area contributed by atoms with Gasteiger partial charge in [0, 0.05) is 24.0 Å². The number of nitrogens with zero attached hydrogens (tertiary/aromatic N) is 1. The van der Waals surface area contributed by atoms with Gasteiger partial charge in [0.15, 0.2) is 0 Å². The summed E-state index contributed by atoms with van der Waals surface area (Å²) in [6, 6.07) is 7.62. The molecule has 112 valence electrons. The van der Waals surface area contributed by atoms with Gasteiger partial charge in [-0.15, -0.1) is 0 Å². The molecule has 0 saturated carbocycles. The van der Waals surface area contributed by atoms with Gasteiger partial charge in [0.25, 0.3) is 0 Å². The van der Waals surface area contributed by atoms with Crippen molar-refractivity contribution in [1.82, 2.24) is 5.32 Å². The van der Waals surface area contributed by atoms with Gasteiger partial charge in [-0.05, 0) is 52.0 Å². The topological polar surface area (TPSA) is 64.6 Å². The van der Waals surface area contributed by atoms with Crippen LogP contribution in [0.3, 0.4) is 0 Å². The van der Waals surface area contributed by atoms with Gasteiger partial charge in [-0.2, -0.15) is 0 Å². The third kappa shape index (κ3) is 4.74. The van der Waals surface area contributed by atoms with Crippen LogP contribution < -0.4 is 15.5 Å². The minimum Gasteiger partial charge on any atom is -0.394 e. The van der Waals surface area contributed by atoms with Crippen molar-refractivity contribution in [3.8, 4) is 0 Å². The zero-order valence-electron chi connectivity index (χ0n) is 12.7. The first-order valence-electron chi connectivity index (χ1n) is 7.03. The molecule has 1 aromatic carbocycles. The predicted octanol–water partition coefficient (Wildman–Crippen LogP) is 2.42. The molecule has 0 aliphatic carbocycles. The molecule has 0 spiro atoms. The average molecular weight is 279 g/mol. The average Bonchev–Trinajstić information content (AvgIpc) is 2.40. The highest BCUT2D eigenvalue weighted by Crippen LogP contribution is 2.19. The lowest BCUT2D eigenvalue weighted by Gasteiger charge is -2.27. The Labute approximate surface area is 121 Å². The molecule has 1 aromatic rings. The Kier molecular flexibility index (Phi) is 6.31. The van der Waals surface area contributed by atoms with Crippen molar-refractivity contribution in [2.45, 2.75) is 39.8 Å². The van der Waals surface area contributed by atoms with Gasteiger partial charge in [-0.25, -0.2) is 4.79 Å². The number of aliphatic hydroxyl groups excluding tert-OH is 1. The molecule has 5 heteroatoms. The van der Waals surface area contributed by atoms with Crippen LogP contribution in [0.25, 0.3) is 0 Å². The molecular weight excluding hydrogens is 254 g/mol. The van der Waals surface area contributed by atoms with E-state index in [2.05, 4.69) is 36.3 Å². The summed E-state index contributed by atoms with van der Waals surface area (Å²) < 4.78 is 0. The maximum atomic E-state index is 11.6. The highest BCUT2D eigenvalue weighted by atomic mass is 16.3. The number of amides is 2. The molecule has 0 aliphatic rings. The molecule has 1 atom stereocenters. The van der Waals surface area contributed by atoms with E-state index in [1.807, 2.05) is 24.3 Å². The van der Waals surface area contributed by atoms with Gasteiger partial charge in [0.1, 0.15) is 0 Å². The Hall–Kier alpha value is -1.75. The zero-order chi connectivity index (χ0) is 15.1. The molecule has 0 heterocycles. The molecule has 0 saturated heterocycles. The number of hydrogen-bond donors (Lipinski definition) is 3. The van der Waals surface area contributed by atoms with Crippen molar-refractivity contribution in [1.29, 1.82) is 0 Å². The summed E-state index contributed by atoms with van der Waals surface area (Å²) in [5.41, 5.74) is 1.87. The van der Waals surface area contributed by atoms with Crippen LogP contribution in [0, 0.1) is 0 Å². The molecular formula is C15H25N3O2. The number of benzene rings is 1. The van der Waals surface area contributed by atoms with E-state index in [1.165, 1.54) is 0 Å². The first-order valence-corrected chi connectivity index (χ1v) is 7.03. The van der Waals surface area contributed by atoms with Gasteiger partial charge >= 0.3 is 6.03 Å². The number of hydrogen-bond acceptors (Lipinski definition) is 3. The van der Waals surface area contributed by atoms with Crippen LogP contribution in [0.2, 0.25) is 0 Å². The number of anilines is 2. The fourth-order valence-corrected chi connectivity index (χ4v) is 2.02. The summed E-state index contributed by atoms with van der Waals surface area (Å²) in [5, 5.41) is 14.3. The SMILES string of the molecule is CCN(c1ccc(NC(=O)NC(C)CO)cc1)C(C)C. The lowest BCUT2D eigenvalue weighted by atomic mass is 10.2. The third-order valence-electron chi connectivity index (χ3n) is 3.07. The Morgan fingerprint density at radius 1 is 1.25 bits per heavy atom. The maximum Gasteiger partial charge on any atom is 0.319 e. The molecule has 1 unspecified atom stereocenters. The minimum atomic E-state index is -0.310. The van der Waals surface area contributed by atoms with E-state index in [0.29, 0.717) is 6.04 Å². The Balaban J connectivity index is 2.65. The van der Waals surface area contributed by atoms with Gasteiger partial charge in [-0.3, -0.25) is 0 Å². The molecule has 3 N–H and O–H groups in total. The van der Waals surface area contributed by atoms with E-state index >= 15 is 0 Å². The summed E-state index contributed by atoms with van der Waals surface area (Å²) >= 11 is 0. The molecule has 0 aromatic heterocycles. The largest absolute Gasteiger partial charge is 0.394 e. The molecule has 0 radical (unpaired) electrons. The van der Waals surface area contributed by atoms with Crippen molar-refractivity contribution in [3.05, 3.63) is 24.3 Å². The highest BCUT2D eigenvalue weighted by molar-refractivity contribution is 5.89. The van der Waals surface area contributed by atoms with Crippen molar-refractivity contribution in [2.24, 2.45) is 0 Å². The van der Waals surface area contributed by atoms with Gasteiger partial charge in [0.2, 0.25) is 0 Å². The Morgan fingerprint density at radius 2 is 1.85 bits per heavy atom. The van der Waals surface area contributed by atoms with Gasteiger partial charge < -0.3 is 20.6 Å². The summed E-state index contributed by atoms with van der Waals surface area (Å²) in [6.45, 7) is 9.03. The Morgan fingerprint density at radius 3 is 2.30 bits per heavy atom. The number of carbonyl (C=O) groups excluding carboxylic acids is 1. The fourth-order valence-electron chi connectivity index (χ4n) is 2.02. The van der Waals surface area contributed by atoms with Crippen molar-refractivity contribution in [2.75, 3.05) is 23.4 Å². The second-order valence-corrected chi connectivity index (χ2v) is 5.11. The fraction of sp³-hybridized carbons (Fsp3) is 0.533. The molecule has 0 fully saturated rings. The second kappa shape index (κ2) is 7.75. The van der Waals surface area contributed by atoms with Crippen molar-refractivity contribution >= 4 is 17.4 Å². The minimum absolute atomic E-state index is 0.0772. The van der Waals surface area contributed by atoms with Crippen LogP contribution in [-0.2, 0) is 0 Å². The molecule has 5 nitrogen and oxygen atoms in total. The molecule has 0 aliphatic heterocycles. The van der Waals surface area contributed by atoms with Crippen LogP contribution in [0.4, 0.5) is 16.2 Å². The summed E-state index contributed by atoms with van der Waals surface area (Å²) in [4.78, 5) is 13.9. The lowest BCUT2D eigenvalue weighted by Crippen LogP contribution is -2.38. The number of rotatable bonds is 6. The van der Waals surface area contributed by atoms with E-state index in [1.54, 1.807) is 6.92 Å². The number of carbonyl (C=O) groups is 1. The first kappa shape index (κ1) is 16.3. The summed E-state index contributed by atoms with van der Waals surface area (Å²) in [6.07, 6.45) is 0. The van der Waals surface area contributed by atoms with Crippen molar-refractivity contribution < 1.29 is 9.90 Å². The third-order valence-corrected chi connectivity index (χ3v) is 3.07. The predicted molar refractivity (Wildman–Crippen MR) is 83.3 cm³/mol. The van der Waals surface area contributed by atoms with Crippen LogP contribution in [-0.4, -0.2) is 36.4 Å². The molecule has 0 bridgehead atoms. The van der Waals surface area contributed by atoms with E-state index in [9.17, 15) is 4.79 Å². The number of aliphatic hydroxyl groups is 1.